The molecule has 0 bridgehead atoms. The zero-order valence-electron chi connectivity index (χ0n) is 12.3. The number of fused-ring (bicyclic) bond motifs is 1. The zero-order valence-corrected chi connectivity index (χ0v) is 12.3. The molecule has 3 N–H and O–H groups in total. The van der Waals surface area contributed by atoms with Gasteiger partial charge in [0.25, 0.3) is 0 Å². The number of nitrogens with two attached hydrogens (primary N) is 1. The summed E-state index contributed by atoms with van der Waals surface area (Å²) in [6.45, 7) is 4.77. The molecule has 0 aromatic heterocycles. The van der Waals surface area contributed by atoms with Crippen LogP contribution in [0.2, 0.25) is 0 Å². The van der Waals surface area contributed by atoms with Crippen LogP contribution in [0.25, 0.3) is 0 Å². The number of carbonyl (C=O) groups is 1. The highest BCUT2D eigenvalue weighted by atomic mass is 16.1. The lowest BCUT2D eigenvalue weighted by Gasteiger charge is -2.19. The van der Waals surface area contributed by atoms with Gasteiger partial charge in [-0.25, -0.2) is 0 Å². The minimum atomic E-state index is 0.0989. The molecule has 1 unspecified atom stereocenters. The molecule has 0 saturated carbocycles. The van der Waals surface area contributed by atoms with Crippen LogP contribution in [-0.2, 0) is 11.2 Å². The lowest BCUT2D eigenvalue weighted by atomic mass is 10.2. The Labute approximate surface area is 121 Å². The summed E-state index contributed by atoms with van der Waals surface area (Å²) in [4.78, 5) is 14.0. The van der Waals surface area contributed by atoms with E-state index in [2.05, 4.69) is 34.5 Å². The number of hydrogen-bond acceptors (Lipinski definition) is 3. The molecular weight excluding hydrogens is 250 g/mol. The maximum atomic E-state index is 11.6. The summed E-state index contributed by atoms with van der Waals surface area (Å²) < 4.78 is 0. The summed E-state index contributed by atoms with van der Waals surface area (Å²) in [6.07, 6.45) is 3.41. The normalized spacial score (nSPS) is 15.0. The lowest BCUT2D eigenvalue weighted by Crippen LogP contribution is -2.30. The molecule has 0 aliphatic carbocycles. The van der Waals surface area contributed by atoms with Gasteiger partial charge in [-0.05, 0) is 37.8 Å². The van der Waals surface area contributed by atoms with Crippen LogP contribution in [0.3, 0.4) is 0 Å². The largest absolute Gasteiger partial charge is 0.371 e. The minimum absolute atomic E-state index is 0.0989. The first kappa shape index (κ1) is 14.9. The molecule has 1 aromatic carbocycles. The van der Waals surface area contributed by atoms with Crippen molar-refractivity contribution in [3.63, 3.8) is 0 Å². The first-order chi connectivity index (χ1) is 9.66. The molecule has 4 heteroatoms. The van der Waals surface area contributed by atoms with Crippen molar-refractivity contribution >= 4 is 11.6 Å². The van der Waals surface area contributed by atoms with Gasteiger partial charge in [-0.1, -0.05) is 18.2 Å². The molecule has 0 fully saturated rings. The molecule has 2 rings (SSSR count). The molecule has 1 atom stereocenters. The highest BCUT2D eigenvalue weighted by Gasteiger charge is 2.17. The number of para-hydroxylation sites is 1. The number of carbonyl (C=O) groups excluding carboxylic acids is 1. The smallest absolute Gasteiger partial charge is 0.220 e. The Morgan fingerprint density at radius 3 is 3.05 bits per heavy atom. The lowest BCUT2D eigenvalue weighted by molar-refractivity contribution is -0.121. The second-order valence-electron chi connectivity index (χ2n) is 5.59. The number of nitrogens with zero attached hydrogens (tertiary/aromatic N) is 1. The van der Waals surface area contributed by atoms with E-state index < -0.39 is 0 Å². The van der Waals surface area contributed by atoms with E-state index >= 15 is 0 Å². The van der Waals surface area contributed by atoms with E-state index in [-0.39, 0.29) is 11.9 Å². The summed E-state index contributed by atoms with van der Waals surface area (Å²) in [7, 11) is 0. The predicted octanol–water partition coefficient (Wildman–Crippen LogP) is 1.68. The van der Waals surface area contributed by atoms with Gasteiger partial charge in [-0.2, -0.15) is 0 Å². The first-order valence-electron chi connectivity index (χ1n) is 7.52. The summed E-state index contributed by atoms with van der Waals surface area (Å²) in [6, 6.07) is 8.67. The Kier molecular flexibility index (Phi) is 5.41. The first-order valence-corrected chi connectivity index (χ1v) is 7.52. The molecule has 110 valence electrons. The number of rotatable bonds is 7. The maximum absolute atomic E-state index is 11.6. The third-order valence-electron chi connectivity index (χ3n) is 3.74. The van der Waals surface area contributed by atoms with Crippen LogP contribution in [0.5, 0.6) is 0 Å². The molecule has 0 radical (unpaired) electrons. The zero-order chi connectivity index (χ0) is 14.4. The summed E-state index contributed by atoms with van der Waals surface area (Å²) in [5.74, 6) is 0.115. The quantitative estimate of drug-likeness (QED) is 0.744. The average Bonchev–Trinajstić information content (AvgIpc) is 2.85. The van der Waals surface area contributed by atoms with Crippen LogP contribution < -0.4 is 16.0 Å². The van der Waals surface area contributed by atoms with E-state index in [0.29, 0.717) is 6.42 Å². The Hall–Kier alpha value is -1.55. The van der Waals surface area contributed by atoms with Crippen LogP contribution in [0.15, 0.2) is 24.3 Å². The molecule has 1 aromatic rings. The fourth-order valence-corrected chi connectivity index (χ4v) is 2.58. The Morgan fingerprint density at radius 1 is 1.45 bits per heavy atom. The molecule has 0 saturated heterocycles. The number of amides is 1. The predicted molar refractivity (Wildman–Crippen MR) is 82.9 cm³/mol. The Balaban J connectivity index is 1.64. The topological polar surface area (TPSA) is 58.4 Å². The van der Waals surface area contributed by atoms with Crippen molar-refractivity contribution in [2.24, 2.45) is 5.73 Å². The second-order valence-corrected chi connectivity index (χ2v) is 5.59. The number of nitrogens with one attached hydrogen (secondary N) is 1. The number of benzene rings is 1. The number of hydrogen-bond donors (Lipinski definition) is 2. The molecule has 1 aliphatic heterocycles. The van der Waals surface area contributed by atoms with E-state index in [0.717, 1.165) is 38.9 Å². The van der Waals surface area contributed by atoms with E-state index in [1.54, 1.807) is 0 Å². The van der Waals surface area contributed by atoms with E-state index in [4.69, 9.17) is 5.73 Å². The Bertz CT molecular complexity index is 445. The Morgan fingerprint density at radius 2 is 2.25 bits per heavy atom. The third kappa shape index (κ3) is 4.23. The second kappa shape index (κ2) is 7.29. The summed E-state index contributed by atoms with van der Waals surface area (Å²) in [5.41, 5.74) is 8.43. The van der Waals surface area contributed by atoms with Gasteiger partial charge in [0.15, 0.2) is 0 Å². The van der Waals surface area contributed by atoms with Gasteiger partial charge in [-0.15, -0.1) is 0 Å². The van der Waals surface area contributed by atoms with Gasteiger partial charge >= 0.3 is 0 Å². The molecule has 1 amide bonds. The van der Waals surface area contributed by atoms with Crippen LogP contribution in [0.1, 0.15) is 31.7 Å². The highest BCUT2D eigenvalue weighted by molar-refractivity contribution is 5.75. The molecule has 4 nitrogen and oxygen atoms in total. The standard InChI is InChI=1S/C16H25N3O/c1-13(17)7-8-16(20)18-10-4-11-19-12-9-14-5-2-3-6-15(14)19/h2-3,5-6,13H,4,7-12,17H2,1H3,(H,18,20). The minimum Gasteiger partial charge on any atom is -0.371 e. The number of anilines is 1. The van der Waals surface area contributed by atoms with Crippen LogP contribution in [-0.4, -0.2) is 31.6 Å². The maximum Gasteiger partial charge on any atom is 0.220 e. The van der Waals surface area contributed by atoms with Gasteiger partial charge in [0.05, 0.1) is 0 Å². The van der Waals surface area contributed by atoms with Crippen molar-refractivity contribution in [1.82, 2.24) is 5.32 Å². The van der Waals surface area contributed by atoms with Gasteiger partial charge in [0.2, 0.25) is 5.91 Å². The third-order valence-corrected chi connectivity index (χ3v) is 3.74. The summed E-state index contributed by atoms with van der Waals surface area (Å²) in [5, 5.41) is 2.96. The highest BCUT2D eigenvalue weighted by Crippen LogP contribution is 2.27. The van der Waals surface area contributed by atoms with Crippen molar-refractivity contribution in [2.45, 2.75) is 38.6 Å². The molecule has 1 heterocycles. The van der Waals surface area contributed by atoms with E-state index in [1.165, 1.54) is 11.3 Å². The molecular formula is C16H25N3O. The van der Waals surface area contributed by atoms with Crippen molar-refractivity contribution in [1.29, 1.82) is 0 Å². The molecule has 0 spiro atoms. The summed E-state index contributed by atoms with van der Waals surface area (Å²) >= 11 is 0. The van der Waals surface area contributed by atoms with E-state index in [9.17, 15) is 4.79 Å². The van der Waals surface area contributed by atoms with Crippen LogP contribution >= 0.6 is 0 Å². The average molecular weight is 275 g/mol. The fourth-order valence-electron chi connectivity index (χ4n) is 2.58. The van der Waals surface area contributed by atoms with Gasteiger partial charge in [0.1, 0.15) is 0 Å². The SMILES string of the molecule is CC(N)CCC(=O)NCCCN1CCc2ccccc21. The van der Waals surface area contributed by atoms with Crippen molar-refractivity contribution in [3.8, 4) is 0 Å². The van der Waals surface area contributed by atoms with Gasteiger partial charge < -0.3 is 16.0 Å². The van der Waals surface area contributed by atoms with Crippen molar-refractivity contribution in [3.05, 3.63) is 29.8 Å². The molecule has 1 aliphatic rings. The van der Waals surface area contributed by atoms with Crippen LogP contribution in [0.4, 0.5) is 5.69 Å². The van der Waals surface area contributed by atoms with Gasteiger partial charge in [0, 0.05) is 37.8 Å². The van der Waals surface area contributed by atoms with Crippen molar-refractivity contribution in [2.75, 3.05) is 24.5 Å². The van der Waals surface area contributed by atoms with E-state index in [1.807, 2.05) is 6.92 Å². The van der Waals surface area contributed by atoms with Crippen molar-refractivity contribution < 1.29 is 4.79 Å². The molecule has 20 heavy (non-hydrogen) atoms. The monoisotopic (exact) mass is 275 g/mol. The fraction of sp³-hybridized carbons (Fsp3) is 0.562. The van der Waals surface area contributed by atoms with Crippen LogP contribution in [0, 0.1) is 0 Å². The van der Waals surface area contributed by atoms with Gasteiger partial charge in [-0.3, -0.25) is 4.79 Å².